The van der Waals surface area contributed by atoms with Gasteiger partial charge in [0.25, 0.3) is 0 Å². The SMILES string of the molecule is CN=C(NCCN1C(=O)Cc2ccccc21)N1CCN(C(C)=O)CC1. The van der Waals surface area contributed by atoms with Gasteiger partial charge >= 0.3 is 0 Å². The lowest BCUT2D eigenvalue weighted by Gasteiger charge is -2.36. The molecule has 1 aromatic rings. The Hall–Kier alpha value is -2.57. The summed E-state index contributed by atoms with van der Waals surface area (Å²) in [4.78, 5) is 33.8. The summed E-state index contributed by atoms with van der Waals surface area (Å²) in [6.07, 6.45) is 0.484. The van der Waals surface area contributed by atoms with Crippen LogP contribution < -0.4 is 10.2 Å². The van der Waals surface area contributed by atoms with Crippen LogP contribution in [0.3, 0.4) is 0 Å². The standard InChI is InChI=1S/C18H25N5O2/c1-14(24)21-9-11-22(12-10-21)18(19-2)20-7-8-23-16-6-4-3-5-15(16)13-17(23)25/h3-6H,7-13H2,1-2H3,(H,19,20). The lowest BCUT2D eigenvalue weighted by molar-refractivity contribution is -0.130. The van der Waals surface area contributed by atoms with Crippen molar-refractivity contribution in [3.63, 3.8) is 0 Å². The van der Waals surface area contributed by atoms with Gasteiger partial charge in [0.2, 0.25) is 11.8 Å². The Morgan fingerprint density at radius 1 is 1.16 bits per heavy atom. The molecule has 2 amide bonds. The number of para-hydroxylation sites is 1. The number of amides is 2. The predicted octanol–water partition coefficient (Wildman–Crippen LogP) is 0.315. The van der Waals surface area contributed by atoms with E-state index in [-0.39, 0.29) is 11.8 Å². The van der Waals surface area contributed by atoms with Crippen molar-refractivity contribution in [3.8, 4) is 0 Å². The third kappa shape index (κ3) is 3.75. The number of hydrogen-bond donors (Lipinski definition) is 1. The number of aliphatic imine (C=N–C) groups is 1. The average molecular weight is 343 g/mol. The Kier molecular flexibility index (Phi) is 5.21. The largest absolute Gasteiger partial charge is 0.354 e. The summed E-state index contributed by atoms with van der Waals surface area (Å²) in [6.45, 7) is 5.83. The zero-order valence-corrected chi connectivity index (χ0v) is 14.9. The molecule has 1 aromatic carbocycles. The van der Waals surface area contributed by atoms with Crippen LogP contribution in [0.5, 0.6) is 0 Å². The fraction of sp³-hybridized carbons (Fsp3) is 0.500. The lowest BCUT2D eigenvalue weighted by Crippen LogP contribution is -2.54. The van der Waals surface area contributed by atoms with Crippen LogP contribution in [0.25, 0.3) is 0 Å². The summed E-state index contributed by atoms with van der Waals surface area (Å²) >= 11 is 0. The number of carbonyl (C=O) groups excluding carboxylic acids is 2. The minimum absolute atomic E-state index is 0.119. The Labute approximate surface area is 148 Å². The van der Waals surface area contributed by atoms with Crippen LogP contribution in [-0.2, 0) is 16.0 Å². The zero-order valence-electron chi connectivity index (χ0n) is 14.9. The molecule has 0 aliphatic carbocycles. The molecule has 2 aliphatic heterocycles. The van der Waals surface area contributed by atoms with Crippen molar-refractivity contribution in [2.75, 3.05) is 51.2 Å². The molecule has 2 heterocycles. The molecule has 0 bridgehead atoms. The number of nitrogens with zero attached hydrogens (tertiary/aromatic N) is 4. The summed E-state index contributed by atoms with van der Waals surface area (Å²) in [5.74, 6) is 1.09. The number of guanidine groups is 1. The van der Waals surface area contributed by atoms with Gasteiger partial charge < -0.3 is 20.0 Å². The van der Waals surface area contributed by atoms with E-state index in [1.54, 1.807) is 14.0 Å². The van der Waals surface area contributed by atoms with E-state index in [0.29, 0.717) is 32.6 Å². The molecule has 1 fully saturated rings. The molecule has 25 heavy (non-hydrogen) atoms. The highest BCUT2D eigenvalue weighted by Gasteiger charge is 2.26. The quantitative estimate of drug-likeness (QED) is 0.634. The normalized spacial score (nSPS) is 17.8. The van der Waals surface area contributed by atoms with Crippen LogP contribution in [0.4, 0.5) is 5.69 Å². The molecule has 3 rings (SSSR count). The maximum Gasteiger partial charge on any atom is 0.231 e. The van der Waals surface area contributed by atoms with Crippen molar-refractivity contribution in [2.24, 2.45) is 4.99 Å². The molecule has 2 aliphatic rings. The molecular formula is C18H25N5O2. The van der Waals surface area contributed by atoms with Gasteiger partial charge in [-0.1, -0.05) is 18.2 Å². The molecule has 1 N–H and O–H groups in total. The number of fused-ring (bicyclic) bond motifs is 1. The molecule has 0 radical (unpaired) electrons. The Balaban J connectivity index is 1.51. The molecule has 0 atom stereocenters. The molecule has 7 nitrogen and oxygen atoms in total. The predicted molar refractivity (Wildman–Crippen MR) is 97.7 cm³/mol. The van der Waals surface area contributed by atoms with Crippen LogP contribution >= 0.6 is 0 Å². The molecule has 1 saturated heterocycles. The molecule has 7 heteroatoms. The van der Waals surface area contributed by atoms with Crippen LogP contribution in [0.2, 0.25) is 0 Å². The highest BCUT2D eigenvalue weighted by molar-refractivity contribution is 6.01. The number of hydrogen-bond acceptors (Lipinski definition) is 3. The topological polar surface area (TPSA) is 68.2 Å². The molecule has 0 aromatic heterocycles. The van der Waals surface area contributed by atoms with Crippen LogP contribution in [0, 0.1) is 0 Å². The van der Waals surface area contributed by atoms with Crippen molar-refractivity contribution in [1.29, 1.82) is 0 Å². The number of anilines is 1. The van der Waals surface area contributed by atoms with Crippen molar-refractivity contribution >= 4 is 23.5 Å². The number of benzene rings is 1. The highest BCUT2D eigenvalue weighted by atomic mass is 16.2. The minimum Gasteiger partial charge on any atom is -0.354 e. The molecule has 0 saturated carbocycles. The van der Waals surface area contributed by atoms with Crippen molar-refractivity contribution < 1.29 is 9.59 Å². The molecule has 0 unspecified atom stereocenters. The first-order valence-electron chi connectivity index (χ1n) is 8.69. The Morgan fingerprint density at radius 3 is 2.52 bits per heavy atom. The fourth-order valence-corrected chi connectivity index (χ4v) is 3.41. The highest BCUT2D eigenvalue weighted by Crippen LogP contribution is 2.27. The van der Waals surface area contributed by atoms with Gasteiger partial charge in [-0.2, -0.15) is 0 Å². The Morgan fingerprint density at radius 2 is 1.84 bits per heavy atom. The van der Waals surface area contributed by atoms with E-state index in [1.165, 1.54) is 0 Å². The maximum absolute atomic E-state index is 12.2. The average Bonchev–Trinajstić information content (AvgIpc) is 2.94. The van der Waals surface area contributed by atoms with Gasteiger partial charge in [0, 0.05) is 58.9 Å². The van der Waals surface area contributed by atoms with Gasteiger partial charge in [0.05, 0.1) is 6.42 Å². The smallest absolute Gasteiger partial charge is 0.231 e. The molecular weight excluding hydrogens is 318 g/mol. The lowest BCUT2D eigenvalue weighted by atomic mass is 10.2. The number of rotatable bonds is 3. The summed E-state index contributed by atoms with van der Waals surface area (Å²) in [5.41, 5.74) is 2.11. The van der Waals surface area contributed by atoms with E-state index in [0.717, 1.165) is 30.3 Å². The van der Waals surface area contributed by atoms with E-state index in [4.69, 9.17) is 0 Å². The number of carbonyl (C=O) groups is 2. The van der Waals surface area contributed by atoms with E-state index in [2.05, 4.69) is 15.2 Å². The van der Waals surface area contributed by atoms with Crippen LogP contribution in [0.1, 0.15) is 12.5 Å². The summed E-state index contributed by atoms with van der Waals surface area (Å²) < 4.78 is 0. The minimum atomic E-state index is 0.119. The van der Waals surface area contributed by atoms with Gasteiger partial charge in [0.15, 0.2) is 5.96 Å². The Bertz CT molecular complexity index is 680. The summed E-state index contributed by atoms with van der Waals surface area (Å²) in [6, 6.07) is 7.94. The number of piperazine rings is 1. The van der Waals surface area contributed by atoms with Gasteiger partial charge in [0.1, 0.15) is 0 Å². The fourth-order valence-electron chi connectivity index (χ4n) is 3.41. The van der Waals surface area contributed by atoms with E-state index in [1.807, 2.05) is 34.1 Å². The third-order valence-corrected chi connectivity index (χ3v) is 4.78. The van der Waals surface area contributed by atoms with Crippen molar-refractivity contribution in [2.45, 2.75) is 13.3 Å². The van der Waals surface area contributed by atoms with Crippen LogP contribution in [0.15, 0.2) is 29.3 Å². The zero-order chi connectivity index (χ0) is 17.8. The van der Waals surface area contributed by atoms with Crippen molar-refractivity contribution in [1.82, 2.24) is 15.1 Å². The van der Waals surface area contributed by atoms with Crippen molar-refractivity contribution in [3.05, 3.63) is 29.8 Å². The van der Waals surface area contributed by atoms with Gasteiger partial charge in [-0.3, -0.25) is 14.6 Å². The summed E-state index contributed by atoms with van der Waals surface area (Å²) in [7, 11) is 1.76. The van der Waals surface area contributed by atoms with Gasteiger partial charge in [-0.05, 0) is 11.6 Å². The van der Waals surface area contributed by atoms with E-state index < -0.39 is 0 Å². The first-order chi connectivity index (χ1) is 12.1. The maximum atomic E-state index is 12.2. The first-order valence-corrected chi connectivity index (χ1v) is 8.69. The second-order valence-corrected chi connectivity index (χ2v) is 6.32. The van der Waals surface area contributed by atoms with Gasteiger partial charge in [-0.25, -0.2) is 0 Å². The molecule has 0 spiro atoms. The third-order valence-electron chi connectivity index (χ3n) is 4.78. The van der Waals surface area contributed by atoms with Gasteiger partial charge in [-0.15, -0.1) is 0 Å². The van der Waals surface area contributed by atoms with E-state index in [9.17, 15) is 9.59 Å². The molecule has 134 valence electrons. The number of nitrogens with one attached hydrogen (secondary N) is 1. The van der Waals surface area contributed by atoms with E-state index >= 15 is 0 Å². The monoisotopic (exact) mass is 343 g/mol. The summed E-state index contributed by atoms with van der Waals surface area (Å²) in [5, 5.41) is 3.34. The second kappa shape index (κ2) is 7.55. The second-order valence-electron chi connectivity index (χ2n) is 6.32. The van der Waals surface area contributed by atoms with Crippen LogP contribution in [-0.4, -0.2) is 73.9 Å². The first kappa shape index (κ1) is 17.3.